The zero-order valence-corrected chi connectivity index (χ0v) is 20.6. The Kier molecular flexibility index (Phi) is 7.18. The molecule has 1 aromatic rings. The summed E-state index contributed by atoms with van der Waals surface area (Å²) in [6.45, 7) is 8.08. The van der Waals surface area contributed by atoms with E-state index in [1.54, 1.807) is 6.92 Å². The van der Waals surface area contributed by atoms with Crippen molar-refractivity contribution < 1.29 is 19.2 Å². The van der Waals surface area contributed by atoms with E-state index in [4.69, 9.17) is 5.73 Å². The van der Waals surface area contributed by atoms with E-state index in [1.165, 1.54) is 23.1 Å². The molecule has 2 heterocycles. The molecule has 1 spiro atoms. The van der Waals surface area contributed by atoms with Crippen LogP contribution in [0.5, 0.6) is 0 Å². The lowest BCUT2D eigenvalue weighted by Crippen LogP contribution is -2.51. The predicted molar refractivity (Wildman–Crippen MR) is 124 cm³/mol. The van der Waals surface area contributed by atoms with Crippen molar-refractivity contribution in [1.29, 1.82) is 0 Å². The molecule has 2 fully saturated rings. The second-order valence-electron chi connectivity index (χ2n) is 9.22. The van der Waals surface area contributed by atoms with Gasteiger partial charge in [-0.25, -0.2) is 9.78 Å². The minimum absolute atomic E-state index is 0.122. The van der Waals surface area contributed by atoms with E-state index < -0.39 is 23.4 Å². The number of rotatable bonds is 8. The van der Waals surface area contributed by atoms with Gasteiger partial charge in [-0.15, -0.1) is 11.8 Å². The van der Waals surface area contributed by atoms with E-state index in [9.17, 15) is 19.2 Å². The molecule has 0 atom stereocenters. The molecule has 3 rings (SSSR count). The first kappa shape index (κ1) is 24.5. The summed E-state index contributed by atoms with van der Waals surface area (Å²) in [4.78, 5) is 54.5. The third-order valence-corrected chi connectivity index (χ3v) is 9.21. The Hall–Kier alpha value is -2.14. The van der Waals surface area contributed by atoms with Crippen LogP contribution >= 0.6 is 23.1 Å². The average Bonchev–Trinajstić information content (AvgIpc) is 3.18. The summed E-state index contributed by atoms with van der Waals surface area (Å²) >= 11 is 2.48. The lowest BCUT2D eigenvalue weighted by atomic mass is 9.65. The van der Waals surface area contributed by atoms with Gasteiger partial charge < -0.3 is 16.4 Å². The lowest BCUT2D eigenvalue weighted by molar-refractivity contribution is -0.135. The van der Waals surface area contributed by atoms with Crippen molar-refractivity contribution in [3.8, 4) is 0 Å². The fraction of sp³-hybridized carbons (Fsp3) is 0.667. The molecular formula is C21H31N5O4S2. The Balaban J connectivity index is 1.60. The number of nitrogens with two attached hydrogens (primary N) is 1. The van der Waals surface area contributed by atoms with E-state index in [0.717, 1.165) is 28.4 Å². The fourth-order valence-corrected chi connectivity index (χ4v) is 6.24. The van der Waals surface area contributed by atoms with Crippen LogP contribution in [0, 0.1) is 18.3 Å². The summed E-state index contributed by atoms with van der Waals surface area (Å²) < 4.78 is 0.778. The van der Waals surface area contributed by atoms with Gasteiger partial charge in [0.05, 0.1) is 15.7 Å². The number of thioether (sulfide) groups is 1. The molecule has 1 saturated heterocycles. The minimum atomic E-state index is -0.895. The molecule has 4 N–H and O–H groups in total. The minimum Gasteiger partial charge on any atom is -0.369 e. The Morgan fingerprint density at radius 1 is 1.34 bits per heavy atom. The van der Waals surface area contributed by atoms with Gasteiger partial charge in [-0.05, 0) is 43.9 Å². The van der Waals surface area contributed by atoms with Gasteiger partial charge in [-0.3, -0.25) is 19.3 Å². The number of anilines is 1. The highest BCUT2D eigenvalue weighted by Gasteiger charge is 2.53. The van der Waals surface area contributed by atoms with Crippen LogP contribution in [0.25, 0.3) is 0 Å². The van der Waals surface area contributed by atoms with Gasteiger partial charge in [-0.1, -0.05) is 38.5 Å². The van der Waals surface area contributed by atoms with Gasteiger partial charge in [0.15, 0.2) is 5.13 Å². The van der Waals surface area contributed by atoms with E-state index in [1.807, 2.05) is 0 Å². The van der Waals surface area contributed by atoms with Crippen LogP contribution in [-0.4, -0.2) is 51.5 Å². The second kappa shape index (κ2) is 9.38. The molecule has 9 nitrogen and oxygen atoms in total. The molecule has 11 heteroatoms. The van der Waals surface area contributed by atoms with Crippen molar-refractivity contribution in [2.75, 3.05) is 17.6 Å². The lowest BCUT2D eigenvalue weighted by Gasteiger charge is -2.42. The maximum atomic E-state index is 13.1. The number of aryl methyl sites for hydroxylation is 1. The molecule has 1 aliphatic carbocycles. The smallest absolute Gasteiger partial charge is 0.325 e. The number of imide groups is 1. The molecule has 5 amide bonds. The van der Waals surface area contributed by atoms with E-state index in [2.05, 4.69) is 36.4 Å². The number of hydrogen-bond acceptors (Lipinski definition) is 7. The molecule has 0 radical (unpaired) electrons. The summed E-state index contributed by atoms with van der Waals surface area (Å²) in [5.41, 5.74) is 5.15. The molecule has 2 aliphatic rings. The standard InChI is InChI=1S/C21H31N5O4S2/c1-5-20(3,4)13-6-8-21(9-7-13)17(29)26(19(30)25-21)10-15(28)24-18-23-12(2)16(32-18)31-11-14(22)27/h13H,5-11H2,1-4H3,(H2,22,27)(H,25,30)(H,23,24,28). The number of hydrogen-bond donors (Lipinski definition) is 3. The summed E-state index contributed by atoms with van der Waals surface area (Å²) in [6.07, 6.45) is 4.00. The maximum Gasteiger partial charge on any atom is 0.325 e. The zero-order valence-electron chi connectivity index (χ0n) is 18.9. The van der Waals surface area contributed by atoms with Gasteiger partial charge in [0.1, 0.15) is 12.1 Å². The topological polar surface area (TPSA) is 134 Å². The zero-order chi connectivity index (χ0) is 23.7. The van der Waals surface area contributed by atoms with Crippen LogP contribution in [0.3, 0.4) is 0 Å². The highest BCUT2D eigenvalue weighted by Crippen LogP contribution is 2.45. The Morgan fingerprint density at radius 2 is 2.00 bits per heavy atom. The van der Waals surface area contributed by atoms with Crippen LogP contribution < -0.4 is 16.4 Å². The van der Waals surface area contributed by atoms with Crippen LogP contribution in [0.2, 0.25) is 0 Å². The van der Waals surface area contributed by atoms with Crippen molar-refractivity contribution in [3.63, 3.8) is 0 Å². The summed E-state index contributed by atoms with van der Waals surface area (Å²) in [5, 5.41) is 5.87. The molecule has 1 aromatic heterocycles. The first-order valence-corrected chi connectivity index (χ1v) is 12.6. The summed E-state index contributed by atoms with van der Waals surface area (Å²) in [5.74, 6) is -0.620. The number of thiazole rings is 1. The maximum absolute atomic E-state index is 13.1. The van der Waals surface area contributed by atoms with Crippen molar-refractivity contribution in [1.82, 2.24) is 15.2 Å². The summed E-state index contributed by atoms with van der Waals surface area (Å²) in [6, 6.07) is -0.522. The highest BCUT2D eigenvalue weighted by molar-refractivity contribution is 8.01. The fourth-order valence-electron chi connectivity index (χ4n) is 4.35. The van der Waals surface area contributed by atoms with Crippen molar-refractivity contribution in [3.05, 3.63) is 5.69 Å². The van der Waals surface area contributed by atoms with Crippen LogP contribution in [0.1, 0.15) is 58.6 Å². The number of nitrogens with zero attached hydrogens (tertiary/aromatic N) is 2. The number of amides is 5. The van der Waals surface area contributed by atoms with E-state index >= 15 is 0 Å². The monoisotopic (exact) mass is 481 g/mol. The highest BCUT2D eigenvalue weighted by atomic mass is 32.2. The molecular weight excluding hydrogens is 450 g/mol. The largest absolute Gasteiger partial charge is 0.369 e. The normalized spacial score (nSPS) is 23.5. The Bertz CT molecular complexity index is 921. The number of carbonyl (C=O) groups excluding carboxylic acids is 4. The Morgan fingerprint density at radius 3 is 2.59 bits per heavy atom. The molecule has 32 heavy (non-hydrogen) atoms. The van der Waals surface area contributed by atoms with Crippen LogP contribution in [0.4, 0.5) is 9.93 Å². The van der Waals surface area contributed by atoms with Gasteiger partial charge in [0, 0.05) is 0 Å². The Labute approximate surface area is 196 Å². The molecule has 0 bridgehead atoms. The van der Waals surface area contributed by atoms with E-state index in [-0.39, 0.29) is 23.6 Å². The quantitative estimate of drug-likeness (QED) is 0.386. The molecule has 1 saturated carbocycles. The number of carbonyl (C=O) groups is 4. The third-order valence-electron chi connectivity index (χ3n) is 6.75. The average molecular weight is 482 g/mol. The van der Waals surface area contributed by atoms with Crippen LogP contribution in [0.15, 0.2) is 4.21 Å². The SMILES string of the molecule is CCC(C)(C)C1CCC2(CC1)NC(=O)N(CC(=O)Nc1nc(C)c(SCC(N)=O)s1)C2=O. The second-order valence-corrected chi connectivity index (χ2v) is 11.5. The van der Waals surface area contributed by atoms with E-state index in [0.29, 0.717) is 29.6 Å². The first-order valence-electron chi connectivity index (χ1n) is 10.8. The number of nitrogens with one attached hydrogen (secondary N) is 2. The van der Waals surface area contributed by atoms with Gasteiger partial charge in [0.2, 0.25) is 11.8 Å². The third kappa shape index (κ3) is 5.09. The molecule has 0 aromatic carbocycles. The predicted octanol–water partition coefficient (Wildman–Crippen LogP) is 2.88. The molecule has 0 unspecified atom stereocenters. The number of aromatic nitrogens is 1. The van der Waals surface area contributed by atoms with Crippen LogP contribution in [-0.2, 0) is 14.4 Å². The van der Waals surface area contributed by atoms with Crippen molar-refractivity contribution in [2.45, 2.75) is 69.5 Å². The van der Waals surface area contributed by atoms with Gasteiger partial charge in [0.25, 0.3) is 5.91 Å². The molecule has 1 aliphatic heterocycles. The van der Waals surface area contributed by atoms with Gasteiger partial charge >= 0.3 is 6.03 Å². The van der Waals surface area contributed by atoms with Gasteiger partial charge in [-0.2, -0.15) is 0 Å². The summed E-state index contributed by atoms with van der Waals surface area (Å²) in [7, 11) is 0. The van der Waals surface area contributed by atoms with Crippen molar-refractivity contribution in [2.24, 2.45) is 17.1 Å². The van der Waals surface area contributed by atoms with Crippen molar-refractivity contribution >= 4 is 52.0 Å². The number of urea groups is 1. The molecule has 176 valence electrons. The first-order chi connectivity index (χ1) is 15.0. The number of primary amides is 1.